The zero-order chi connectivity index (χ0) is 23.2. The van der Waals surface area contributed by atoms with Crippen molar-refractivity contribution in [3.05, 3.63) is 101 Å². The van der Waals surface area contributed by atoms with Gasteiger partial charge in [-0.3, -0.25) is 4.79 Å². The first-order chi connectivity index (χ1) is 16.0. The van der Waals surface area contributed by atoms with E-state index >= 15 is 0 Å². The van der Waals surface area contributed by atoms with Crippen molar-refractivity contribution in [3.8, 4) is 23.0 Å². The maximum atomic E-state index is 12.6. The van der Waals surface area contributed by atoms with Crippen LogP contribution in [0.3, 0.4) is 0 Å². The van der Waals surface area contributed by atoms with Crippen molar-refractivity contribution in [2.75, 3.05) is 19.5 Å². The third kappa shape index (κ3) is 5.67. The molecule has 4 aromatic rings. The van der Waals surface area contributed by atoms with Crippen molar-refractivity contribution in [3.63, 3.8) is 0 Å². The van der Waals surface area contributed by atoms with Crippen molar-refractivity contribution in [2.24, 2.45) is 0 Å². The lowest BCUT2D eigenvalue weighted by molar-refractivity contribution is 0.0995. The van der Waals surface area contributed by atoms with Gasteiger partial charge in [0, 0.05) is 22.7 Å². The van der Waals surface area contributed by atoms with E-state index in [-0.39, 0.29) is 11.7 Å². The number of hydrogen-bond acceptors (Lipinski definition) is 5. The summed E-state index contributed by atoms with van der Waals surface area (Å²) in [7, 11) is 3.22. The van der Waals surface area contributed by atoms with Crippen molar-refractivity contribution in [1.82, 2.24) is 0 Å². The predicted octanol–water partition coefficient (Wildman–Crippen LogP) is 6.59. The fraction of sp³-hybridized carbons (Fsp3) is 0.115. The summed E-state index contributed by atoms with van der Waals surface area (Å²) >= 11 is 5.89. The van der Waals surface area contributed by atoms with Gasteiger partial charge in [-0.25, -0.2) is 0 Å². The molecule has 7 heteroatoms. The third-order valence-corrected chi connectivity index (χ3v) is 5.15. The monoisotopic (exact) mass is 463 g/mol. The maximum Gasteiger partial charge on any atom is 0.291 e. The number of benzene rings is 3. The van der Waals surface area contributed by atoms with Crippen LogP contribution in [0.2, 0.25) is 5.02 Å². The molecule has 0 aliphatic heterocycles. The molecule has 1 amide bonds. The van der Waals surface area contributed by atoms with Crippen LogP contribution in [0, 0.1) is 0 Å². The van der Waals surface area contributed by atoms with Gasteiger partial charge in [-0.05, 0) is 78.9 Å². The fourth-order valence-electron chi connectivity index (χ4n) is 3.24. The molecule has 168 valence electrons. The van der Waals surface area contributed by atoms with E-state index in [1.807, 2.05) is 18.2 Å². The summed E-state index contributed by atoms with van der Waals surface area (Å²) in [5.41, 5.74) is 1.52. The summed E-state index contributed by atoms with van der Waals surface area (Å²) < 4.78 is 22.2. The van der Waals surface area contributed by atoms with Crippen LogP contribution in [0.15, 0.2) is 83.3 Å². The van der Waals surface area contributed by atoms with E-state index in [9.17, 15) is 4.79 Å². The van der Waals surface area contributed by atoms with Gasteiger partial charge in [0.15, 0.2) is 5.76 Å². The number of carbonyl (C=O) groups excluding carboxylic acids is 1. The van der Waals surface area contributed by atoms with E-state index in [2.05, 4.69) is 5.32 Å². The number of hydrogen-bond donors (Lipinski definition) is 1. The highest BCUT2D eigenvalue weighted by atomic mass is 35.5. The number of ether oxygens (including phenoxy) is 3. The van der Waals surface area contributed by atoms with E-state index in [1.165, 1.54) is 0 Å². The molecule has 0 bridgehead atoms. The Labute approximate surface area is 196 Å². The number of carbonyl (C=O) groups is 1. The highest BCUT2D eigenvalue weighted by Crippen LogP contribution is 2.28. The molecule has 1 heterocycles. The Kier molecular flexibility index (Phi) is 6.86. The predicted molar refractivity (Wildman–Crippen MR) is 127 cm³/mol. The van der Waals surface area contributed by atoms with Gasteiger partial charge in [0.05, 0.1) is 14.2 Å². The fourth-order valence-corrected chi connectivity index (χ4v) is 3.37. The van der Waals surface area contributed by atoms with E-state index in [1.54, 1.807) is 74.9 Å². The molecule has 0 atom stereocenters. The highest BCUT2D eigenvalue weighted by molar-refractivity contribution is 6.30. The second-order valence-corrected chi connectivity index (χ2v) is 7.59. The van der Waals surface area contributed by atoms with Crippen LogP contribution in [0.4, 0.5) is 5.69 Å². The zero-order valence-corrected chi connectivity index (χ0v) is 18.9. The zero-order valence-electron chi connectivity index (χ0n) is 18.1. The molecule has 33 heavy (non-hydrogen) atoms. The molecule has 1 aromatic heterocycles. The Bertz CT molecular complexity index is 1230. The lowest BCUT2D eigenvalue weighted by Gasteiger charge is -2.09. The first kappa shape index (κ1) is 22.3. The van der Waals surface area contributed by atoms with Gasteiger partial charge in [-0.15, -0.1) is 0 Å². The molecular weight excluding hydrogens is 442 g/mol. The Hall–Kier alpha value is -3.90. The van der Waals surface area contributed by atoms with Crippen molar-refractivity contribution in [2.45, 2.75) is 6.42 Å². The van der Waals surface area contributed by atoms with Gasteiger partial charge >= 0.3 is 0 Å². The van der Waals surface area contributed by atoms with E-state index in [4.69, 9.17) is 30.2 Å². The van der Waals surface area contributed by atoms with Gasteiger partial charge in [0.1, 0.15) is 28.8 Å². The Morgan fingerprint density at radius 3 is 2.18 bits per heavy atom. The molecule has 6 nitrogen and oxygen atoms in total. The van der Waals surface area contributed by atoms with Crippen LogP contribution in [0.25, 0.3) is 0 Å². The molecule has 0 radical (unpaired) electrons. The summed E-state index contributed by atoms with van der Waals surface area (Å²) in [5, 5.41) is 3.47. The highest BCUT2D eigenvalue weighted by Gasteiger charge is 2.14. The molecule has 0 aliphatic rings. The van der Waals surface area contributed by atoms with Crippen molar-refractivity contribution in [1.29, 1.82) is 0 Å². The van der Waals surface area contributed by atoms with Crippen LogP contribution >= 0.6 is 11.6 Å². The summed E-state index contributed by atoms with van der Waals surface area (Å²) in [4.78, 5) is 12.6. The van der Waals surface area contributed by atoms with Crippen LogP contribution < -0.4 is 19.5 Å². The Morgan fingerprint density at radius 1 is 0.848 bits per heavy atom. The summed E-state index contributed by atoms with van der Waals surface area (Å²) in [5.74, 6) is 3.27. The SMILES string of the molecule is COc1ccc(OC)c(Cc2ccc(C(=O)Nc3ccc(Oc4ccc(Cl)cc4)cc3)o2)c1. The quantitative estimate of drug-likeness (QED) is 0.319. The van der Waals surface area contributed by atoms with Crippen LogP contribution in [0.5, 0.6) is 23.0 Å². The molecule has 0 fully saturated rings. The second kappa shape index (κ2) is 10.1. The van der Waals surface area contributed by atoms with E-state index in [0.717, 1.165) is 17.1 Å². The summed E-state index contributed by atoms with van der Waals surface area (Å²) in [6.45, 7) is 0. The lowest BCUT2D eigenvalue weighted by atomic mass is 10.1. The van der Waals surface area contributed by atoms with Gasteiger partial charge in [0.25, 0.3) is 5.91 Å². The molecule has 1 N–H and O–H groups in total. The van der Waals surface area contributed by atoms with Crippen LogP contribution in [-0.2, 0) is 6.42 Å². The summed E-state index contributed by atoms with van der Waals surface area (Å²) in [6.07, 6.45) is 0.463. The first-order valence-corrected chi connectivity index (χ1v) is 10.6. The van der Waals surface area contributed by atoms with Gasteiger partial charge < -0.3 is 23.9 Å². The molecule has 0 saturated carbocycles. The minimum atomic E-state index is -0.342. The molecule has 3 aromatic carbocycles. The number of amides is 1. The number of furan rings is 1. The number of nitrogens with one attached hydrogen (secondary N) is 1. The van der Waals surface area contributed by atoms with Gasteiger partial charge in [0.2, 0.25) is 0 Å². The van der Waals surface area contributed by atoms with E-state index < -0.39 is 0 Å². The number of anilines is 1. The second-order valence-electron chi connectivity index (χ2n) is 7.15. The summed E-state index contributed by atoms with van der Waals surface area (Å²) in [6, 6.07) is 23.1. The molecule has 0 spiro atoms. The van der Waals surface area contributed by atoms with Crippen molar-refractivity contribution >= 4 is 23.2 Å². The van der Waals surface area contributed by atoms with Gasteiger partial charge in [-0.2, -0.15) is 0 Å². The average Bonchev–Trinajstić information content (AvgIpc) is 3.30. The van der Waals surface area contributed by atoms with Crippen LogP contribution in [-0.4, -0.2) is 20.1 Å². The number of methoxy groups -OCH3 is 2. The average molecular weight is 464 g/mol. The minimum Gasteiger partial charge on any atom is -0.497 e. The van der Waals surface area contributed by atoms with Crippen molar-refractivity contribution < 1.29 is 23.4 Å². The lowest BCUT2D eigenvalue weighted by Crippen LogP contribution is -2.10. The van der Waals surface area contributed by atoms with E-state index in [0.29, 0.717) is 34.4 Å². The van der Waals surface area contributed by atoms with Gasteiger partial charge in [-0.1, -0.05) is 11.6 Å². The Morgan fingerprint density at radius 2 is 1.52 bits per heavy atom. The molecule has 0 saturated heterocycles. The minimum absolute atomic E-state index is 0.216. The smallest absolute Gasteiger partial charge is 0.291 e. The largest absolute Gasteiger partial charge is 0.497 e. The topological polar surface area (TPSA) is 69.9 Å². The molecular formula is C26H22ClNO5. The van der Waals surface area contributed by atoms with Crippen LogP contribution in [0.1, 0.15) is 21.9 Å². The Balaban J connectivity index is 1.39. The molecule has 0 aliphatic carbocycles. The third-order valence-electron chi connectivity index (χ3n) is 4.90. The standard InChI is InChI=1S/C26H22ClNO5/c1-30-22-11-13-24(31-2)17(15-22)16-23-12-14-25(33-23)26(29)28-19-5-9-21(10-6-19)32-20-7-3-18(27)4-8-20/h3-15H,16H2,1-2H3,(H,28,29). The normalized spacial score (nSPS) is 10.5. The first-order valence-electron chi connectivity index (χ1n) is 10.2. The number of halogens is 1. The molecule has 4 rings (SSSR count). The number of rotatable bonds is 8. The maximum absolute atomic E-state index is 12.6. The molecule has 0 unspecified atom stereocenters.